The molecule has 0 aliphatic carbocycles. The minimum Gasteiger partial charge on any atom is -0.338 e. The normalized spacial score (nSPS) is 11.3. The van der Waals surface area contributed by atoms with Crippen molar-refractivity contribution in [3.05, 3.63) is 108 Å². The molecule has 0 fully saturated rings. The predicted molar refractivity (Wildman–Crippen MR) is 138 cm³/mol. The first-order chi connectivity index (χ1) is 16.9. The summed E-state index contributed by atoms with van der Waals surface area (Å²) < 4.78 is 27.9. The molecule has 0 unspecified atom stereocenters. The fourth-order valence-electron chi connectivity index (χ4n) is 3.66. The van der Waals surface area contributed by atoms with Gasteiger partial charge in [-0.05, 0) is 73.7 Å². The highest BCUT2D eigenvalue weighted by molar-refractivity contribution is 7.92. The van der Waals surface area contributed by atoms with Gasteiger partial charge in [-0.2, -0.15) is 0 Å². The van der Waals surface area contributed by atoms with E-state index < -0.39 is 10.0 Å². The van der Waals surface area contributed by atoms with Crippen LogP contribution >= 0.6 is 0 Å². The van der Waals surface area contributed by atoms with Gasteiger partial charge in [-0.15, -0.1) is 0 Å². The zero-order valence-corrected chi connectivity index (χ0v) is 19.6. The first-order valence-corrected chi connectivity index (χ1v) is 12.4. The van der Waals surface area contributed by atoms with Crippen LogP contribution in [-0.4, -0.2) is 24.3 Å². The number of anilines is 2. The highest BCUT2D eigenvalue weighted by Gasteiger charge is 2.15. The Balaban J connectivity index is 1.29. The number of hydrogen-bond acceptors (Lipinski definition) is 4. The van der Waals surface area contributed by atoms with Gasteiger partial charge in [0.2, 0.25) is 0 Å². The van der Waals surface area contributed by atoms with Crippen molar-refractivity contribution in [2.24, 2.45) is 0 Å². The lowest BCUT2D eigenvalue weighted by Crippen LogP contribution is -2.15. The van der Waals surface area contributed by atoms with Crippen molar-refractivity contribution in [1.82, 2.24) is 9.97 Å². The molecule has 7 nitrogen and oxygen atoms in total. The third kappa shape index (κ3) is 4.92. The van der Waals surface area contributed by atoms with Crippen LogP contribution in [0.4, 0.5) is 11.4 Å². The van der Waals surface area contributed by atoms with E-state index in [1.807, 2.05) is 43.3 Å². The first kappa shape index (κ1) is 22.4. The van der Waals surface area contributed by atoms with Crippen LogP contribution in [0.5, 0.6) is 0 Å². The minimum atomic E-state index is -3.76. The molecule has 1 heterocycles. The summed E-state index contributed by atoms with van der Waals surface area (Å²) in [6.45, 7) is 1.89. The Morgan fingerprint density at radius 1 is 0.829 bits per heavy atom. The Labute approximate surface area is 202 Å². The molecule has 174 valence electrons. The van der Waals surface area contributed by atoms with Gasteiger partial charge in [-0.3, -0.25) is 9.52 Å². The lowest BCUT2D eigenvalue weighted by atomic mass is 10.1. The van der Waals surface area contributed by atoms with Gasteiger partial charge in [0.05, 0.1) is 15.9 Å². The SMILES string of the molecule is Cc1ccc(S(=O)(=O)Nc2cccc(C(=O)Nc3ccc(-c4nc5ccccc5[nH]4)cc3)c2)cc1. The summed E-state index contributed by atoms with van der Waals surface area (Å²) in [6.07, 6.45) is 0. The minimum absolute atomic E-state index is 0.155. The van der Waals surface area contributed by atoms with Crippen LogP contribution < -0.4 is 10.0 Å². The van der Waals surface area contributed by atoms with Gasteiger partial charge in [-0.25, -0.2) is 13.4 Å². The quantitative estimate of drug-likeness (QED) is 0.293. The highest BCUT2D eigenvalue weighted by Crippen LogP contribution is 2.23. The van der Waals surface area contributed by atoms with E-state index >= 15 is 0 Å². The van der Waals surface area contributed by atoms with Crippen LogP contribution in [0.3, 0.4) is 0 Å². The van der Waals surface area contributed by atoms with Crippen molar-refractivity contribution < 1.29 is 13.2 Å². The lowest BCUT2D eigenvalue weighted by Gasteiger charge is -2.10. The summed E-state index contributed by atoms with van der Waals surface area (Å²) in [5, 5.41) is 2.84. The van der Waals surface area contributed by atoms with E-state index in [1.165, 1.54) is 6.07 Å². The summed E-state index contributed by atoms with van der Waals surface area (Å²) in [4.78, 5) is 20.8. The van der Waals surface area contributed by atoms with Gasteiger partial charge in [0.1, 0.15) is 5.82 Å². The van der Waals surface area contributed by atoms with Crippen molar-refractivity contribution in [1.29, 1.82) is 0 Å². The average Bonchev–Trinajstić information content (AvgIpc) is 3.29. The molecule has 0 saturated heterocycles. The number of aryl methyl sites for hydroxylation is 1. The number of nitrogens with zero attached hydrogens (tertiary/aromatic N) is 1. The van der Waals surface area contributed by atoms with E-state index in [1.54, 1.807) is 54.6 Å². The molecule has 1 aromatic heterocycles. The second-order valence-corrected chi connectivity index (χ2v) is 9.82. The lowest BCUT2D eigenvalue weighted by molar-refractivity contribution is 0.102. The maximum atomic E-state index is 12.8. The smallest absolute Gasteiger partial charge is 0.261 e. The molecule has 35 heavy (non-hydrogen) atoms. The average molecular weight is 483 g/mol. The maximum absolute atomic E-state index is 12.8. The Hall–Kier alpha value is -4.43. The predicted octanol–water partition coefficient (Wildman–Crippen LogP) is 5.59. The number of benzene rings is 4. The second kappa shape index (κ2) is 9.08. The molecule has 0 radical (unpaired) electrons. The molecule has 3 N–H and O–H groups in total. The number of aromatic amines is 1. The zero-order chi connectivity index (χ0) is 24.4. The van der Waals surface area contributed by atoms with E-state index in [0.29, 0.717) is 16.9 Å². The van der Waals surface area contributed by atoms with Gasteiger partial charge in [-0.1, -0.05) is 35.9 Å². The second-order valence-electron chi connectivity index (χ2n) is 8.13. The Morgan fingerprint density at radius 2 is 1.57 bits per heavy atom. The summed E-state index contributed by atoms with van der Waals surface area (Å²) in [6, 6.07) is 28.1. The summed E-state index contributed by atoms with van der Waals surface area (Å²) in [7, 11) is -3.76. The third-order valence-electron chi connectivity index (χ3n) is 5.51. The number of para-hydroxylation sites is 2. The fraction of sp³-hybridized carbons (Fsp3) is 0.0370. The number of carbonyl (C=O) groups excluding carboxylic acids is 1. The van der Waals surface area contributed by atoms with E-state index in [-0.39, 0.29) is 10.8 Å². The van der Waals surface area contributed by atoms with Crippen LogP contribution in [0.15, 0.2) is 102 Å². The van der Waals surface area contributed by atoms with Gasteiger partial charge in [0.15, 0.2) is 0 Å². The molecular weight excluding hydrogens is 460 g/mol. The molecular formula is C27H22N4O3S. The Bertz CT molecular complexity index is 1590. The van der Waals surface area contributed by atoms with Crippen LogP contribution in [0.2, 0.25) is 0 Å². The molecule has 8 heteroatoms. The van der Waals surface area contributed by atoms with Crippen molar-refractivity contribution >= 4 is 38.3 Å². The number of amides is 1. The number of aromatic nitrogens is 2. The summed E-state index contributed by atoms with van der Waals surface area (Å²) in [5.41, 5.74) is 4.95. The summed E-state index contributed by atoms with van der Waals surface area (Å²) >= 11 is 0. The van der Waals surface area contributed by atoms with E-state index in [4.69, 9.17) is 0 Å². The van der Waals surface area contributed by atoms with Gasteiger partial charge < -0.3 is 10.3 Å². The molecule has 5 rings (SSSR count). The molecule has 0 atom stereocenters. The van der Waals surface area contributed by atoms with E-state index in [9.17, 15) is 13.2 Å². The largest absolute Gasteiger partial charge is 0.338 e. The zero-order valence-electron chi connectivity index (χ0n) is 18.8. The highest BCUT2D eigenvalue weighted by atomic mass is 32.2. The molecule has 1 amide bonds. The van der Waals surface area contributed by atoms with Crippen LogP contribution in [0, 0.1) is 6.92 Å². The van der Waals surface area contributed by atoms with Crippen LogP contribution in [-0.2, 0) is 10.0 Å². The van der Waals surface area contributed by atoms with Crippen LogP contribution in [0.25, 0.3) is 22.4 Å². The van der Waals surface area contributed by atoms with Crippen molar-refractivity contribution in [2.45, 2.75) is 11.8 Å². The first-order valence-electron chi connectivity index (χ1n) is 10.9. The monoisotopic (exact) mass is 482 g/mol. The van der Waals surface area contributed by atoms with E-state index in [2.05, 4.69) is 20.0 Å². The fourth-order valence-corrected chi connectivity index (χ4v) is 4.71. The number of rotatable bonds is 6. The molecule has 0 bridgehead atoms. The van der Waals surface area contributed by atoms with Crippen LogP contribution in [0.1, 0.15) is 15.9 Å². The topological polar surface area (TPSA) is 104 Å². The van der Waals surface area contributed by atoms with E-state index in [0.717, 1.165) is 28.0 Å². The third-order valence-corrected chi connectivity index (χ3v) is 6.91. The number of hydrogen-bond donors (Lipinski definition) is 3. The number of imidazole rings is 1. The number of carbonyl (C=O) groups is 1. The van der Waals surface area contributed by atoms with Gasteiger partial charge >= 0.3 is 0 Å². The van der Waals surface area contributed by atoms with Crippen molar-refractivity contribution in [3.8, 4) is 11.4 Å². The number of sulfonamides is 1. The van der Waals surface area contributed by atoms with Crippen molar-refractivity contribution in [3.63, 3.8) is 0 Å². The molecule has 0 aliphatic heterocycles. The molecule has 0 spiro atoms. The Morgan fingerprint density at radius 3 is 2.31 bits per heavy atom. The molecule has 0 saturated carbocycles. The molecule has 0 aliphatic rings. The van der Waals surface area contributed by atoms with Gasteiger partial charge in [0.25, 0.3) is 15.9 Å². The maximum Gasteiger partial charge on any atom is 0.261 e. The summed E-state index contributed by atoms with van der Waals surface area (Å²) in [5.74, 6) is 0.399. The molecule has 5 aromatic rings. The number of nitrogens with one attached hydrogen (secondary N) is 3. The molecule has 4 aromatic carbocycles. The van der Waals surface area contributed by atoms with Crippen molar-refractivity contribution in [2.75, 3.05) is 10.0 Å². The Kier molecular flexibility index (Phi) is 5.80. The van der Waals surface area contributed by atoms with Gasteiger partial charge in [0, 0.05) is 22.5 Å². The number of fused-ring (bicyclic) bond motifs is 1. The number of H-pyrrole nitrogens is 1. The standard InChI is InChI=1S/C27H22N4O3S/c1-18-9-15-23(16-10-18)35(33,34)31-22-6-4-5-20(17-22)27(32)28-21-13-11-19(12-14-21)26-29-24-7-2-3-8-25(24)30-26/h2-17,31H,1H3,(H,28,32)(H,29,30).